The summed E-state index contributed by atoms with van der Waals surface area (Å²) in [7, 11) is 0. The van der Waals surface area contributed by atoms with Gasteiger partial charge in [0.25, 0.3) is 0 Å². The van der Waals surface area contributed by atoms with Gasteiger partial charge in [-0.3, -0.25) is 0 Å². The van der Waals surface area contributed by atoms with Crippen LogP contribution in [-0.4, -0.2) is 0 Å². The lowest BCUT2D eigenvalue weighted by molar-refractivity contribution is 0.279. The van der Waals surface area contributed by atoms with Gasteiger partial charge in [0.15, 0.2) is 0 Å². The monoisotopic (exact) mass is 300 g/mol. The second-order valence-electron chi connectivity index (χ2n) is 7.97. The fourth-order valence-corrected chi connectivity index (χ4v) is 4.59. The van der Waals surface area contributed by atoms with Gasteiger partial charge in [0.1, 0.15) is 0 Å². The molecule has 0 N–H and O–H groups in total. The van der Waals surface area contributed by atoms with Crippen molar-refractivity contribution in [1.82, 2.24) is 0 Å². The van der Waals surface area contributed by atoms with E-state index in [1.54, 1.807) is 0 Å². The molecule has 0 aromatic heterocycles. The molecule has 1 unspecified atom stereocenters. The number of benzene rings is 2. The highest BCUT2D eigenvalue weighted by molar-refractivity contribution is 5.77. The van der Waals surface area contributed by atoms with Gasteiger partial charge in [-0.25, -0.2) is 0 Å². The summed E-state index contributed by atoms with van der Waals surface area (Å²) in [6.45, 7) is 9.32. The van der Waals surface area contributed by atoms with Crippen LogP contribution in [0.5, 0.6) is 0 Å². The molecule has 23 heavy (non-hydrogen) atoms. The van der Waals surface area contributed by atoms with Crippen molar-refractivity contribution in [3.05, 3.63) is 83.0 Å². The van der Waals surface area contributed by atoms with Crippen LogP contribution in [0.4, 0.5) is 0 Å². The normalized spacial score (nSPS) is 22.0. The molecule has 2 aromatic rings. The molecule has 2 aromatic carbocycles. The van der Waals surface area contributed by atoms with Crippen molar-refractivity contribution in [3.8, 4) is 11.1 Å². The Labute approximate surface area is 139 Å². The first kappa shape index (κ1) is 14.5. The predicted molar refractivity (Wildman–Crippen MR) is 98.7 cm³/mol. The molecule has 0 heteroatoms. The van der Waals surface area contributed by atoms with E-state index in [-0.39, 0.29) is 10.8 Å². The van der Waals surface area contributed by atoms with Crippen LogP contribution in [0.3, 0.4) is 0 Å². The fourth-order valence-electron chi connectivity index (χ4n) is 4.59. The van der Waals surface area contributed by atoms with Gasteiger partial charge in [-0.15, -0.1) is 0 Å². The minimum atomic E-state index is 0.0107. The molecule has 4 rings (SSSR count). The summed E-state index contributed by atoms with van der Waals surface area (Å²) in [5, 5.41) is 0. The summed E-state index contributed by atoms with van der Waals surface area (Å²) in [4.78, 5) is 0. The molecule has 0 aliphatic heterocycles. The first-order valence-corrected chi connectivity index (χ1v) is 8.52. The molecular formula is C23H24. The zero-order chi connectivity index (χ0) is 16.2. The van der Waals surface area contributed by atoms with Crippen LogP contribution in [0.25, 0.3) is 11.1 Å². The average molecular weight is 300 g/mol. The minimum absolute atomic E-state index is 0.0107. The summed E-state index contributed by atoms with van der Waals surface area (Å²) in [5.41, 5.74) is 8.79. The van der Waals surface area contributed by atoms with Crippen molar-refractivity contribution in [3.63, 3.8) is 0 Å². The smallest absolute Gasteiger partial charge is 0.0393 e. The lowest BCUT2D eigenvalue weighted by Gasteiger charge is -2.43. The fraction of sp³-hybridized carbons (Fsp3) is 0.304. The van der Waals surface area contributed by atoms with Crippen molar-refractivity contribution in [2.75, 3.05) is 0 Å². The average Bonchev–Trinajstić information content (AvgIpc) is 3.07. The van der Waals surface area contributed by atoms with Crippen LogP contribution in [0.2, 0.25) is 0 Å². The molecule has 0 fully saturated rings. The topological polar surface area (TPSA) is 0 Å². The SMILES string of the molecule is CC1=CC=CC1(c1ccc2c(c1)Cc1ccccc1-2)C(C)(C)C. The Kier molecular flexibility index (Phi) is 2.97. The number of hydrogen-bond acceptors (Lipinski definition) is 0. The third-order valence-electron chi connectivity index (χ3n) is 5.75. The maximum atomic E-state index is 2.45. The van der Waals surface area contributed by atoms with Crippen molar-refractivity contribution in [2.45, 2.75) is 39.5 Å². The molecule has 0 amide bonds. The van der Waals surface area contributed by atoms with Gasteiger partial charge >= 0.3 is 0 Å². The van der Waals surface area contributed by atoms with Crippen molar-refractivity contribution in [2.24, 2.45) is 5.41 Å². The van der Waals surface area contributed by atoms with E-state index in [1.807, 2.05) is 0 Å². The van der Waals surface area contributed by atoms with Gasteiger partial charge in [0.05, 0.1) is 0 Å². The third kappa shape index (κ3) is 1.91. The number of rotatable bonds is 1. The molecular weight excluding hydrogens is 276 g/mol. The molecule has 2 aliphatic carbocycles. The van der Waals surface area contributed by atoms with Gasteiger partial charge in [0.2, 0.25) is 0 Å². The van der Waals surface area contributed by atoms with Crippen molar-refractivity contribution >= 4 is 0 Å². The maximum Gasteiger partial charge on any atom is 0.0393 e. The zero-order valence-corrected chi connectivity index (χ0v) is 14.5. The van der Waals surface area contributed by atoms with Crippen molar-refractivity contribution < 1.29 is 0 Å². The summed E-state index contributed by atoms with van der Waals surface area (Å²) in [6, 6.07) is 15.9. The van der Waals surface area contributed by atoms with Crippen LogP contribution in [-0.2, 0) is 11.8 Å². The van der Waals surface area contributed by atoms with Gasteiger partial charge < -0.3 is 0 Å². The Balaban J connectivity index is 1.88. The van der Waals surface area contributed by atoms with Gasteiger partial charge in [-0.05, 0) is 46.6 Å². The highest BCUT2D eigenvalue weighted by Crippen LogP contribution is 2.51. The predicted octanol–water partition coefficient (Wildman–Crippen LogP) is 6.06. The number of fused-ring (bicyclic) bond motifs is 3. The standard InChI is InChI=1S/C23H24/c1-16-8-7-13-23(16,22(2,3)4)19-11-12-21-18(15-19)14-17-9-5-6-10-20(17)21/h5-13,15H,14H2,1-4H3. The first-order valence-electron chi connectivity index (χ1n) is 8.52. The maximum absolute atomic E-state index is 2.45. The Morgan fingerprint density at radius 2 is 1.65 bits per heavy atom. The van der Waals surface area contributed by atoms with Crippen LogP contribution in [0.15, 0.2) is 66.3 Å². The zero-order valence-electron chi connectivity index (χ0n) is 14.5. The second-order valence-corrected chi connectivity index (χ2v) is 7.97. The van der Waals surface area contributed by atoms with E-state index in [0.717, 1.165) is 6.42 Å². The molecule has 0 radical (unpaired) electrons. The van der Waals surface area contributed by atoms with E-state index < -0.39 is 0 Å². The van der Waals surface area contributed by atoms with Crippen LogP contribution in [0, 0.1) is 5.41 Å². The number of hydrogen-bond donors (Lipinski definition) is 0. The molecule has 0 saturated carbocycles. The van der Waals surface area contributed by atoms with E-state index in [9.17, 15) is 0 Å². The summed E-state index contributed by atoms with van der Waals surface area (Å²) in [5.74, 6) is 0. The van der Waals surface area contributed by atoms with E-state index >= 15 is 0 Å². The lowest BCUT2D eigenvalue weighted by Crippen LogP contribution is -2.38. The van der Waals surface area contributed by atoms with E-state index in [4.69, 9.17) is 0 Å². The minimum Gasteiger partial charge on any atom is -0.0694 e. The summed E-state index contributed by atoms with van der Waals surface area (Å²) >= 11 is 0. The molecule has 0 spiro atoms. The Bertz CT molecular complexity index is 843. The highest BCUT2D eigenvalue weighted by Gasteiger charge is 2.44. The molecule has 0 saturated heterocycles. The Hall–Kier alpha value is -2.08. The van der Waals surface area contributed by atoms with Gasteiger partial charge in [-0.2, -0.15) is 0 Å². The summed E-state index contributed by atoms with van der Waals surface area (Å²) < 4.78 is 0. The van der Waals surface area contributed by atoms with Gasteiger partial charge in [0, 0.05) is 5.41 Å². The molecule has 0 bridgehead atoms. The second kappa shape index (κ2) is 4.71. The van der Waals surface area contributed by atoms with Crippen LogP contribution < -0.4 is 0 Å². The summed E-state index contributed by atoms with van der Waals surface area (Å²) in [6.07, 6.45) is 7.95. The molecule has 2 aliphatic rings. The van der Waals surface area contributed by atoms with E-state index in [1.165, 1.54) is 33.4 Å². The van der Waals surface area contributed by atoms with Crippen LogP contribution >= 0.6 is 0 Å². The molecule has 0 nitrogen and oxygen atoms in total. The van der Waals surface area contributed by atoms with Gasteiger partial charge in [-0.1, -0.05) is 87.0 Å². The van der Waals surface area contributed by atoms with E-state index in [0.29, 0.717) is 0 Å². The first-order chi connectivity index (χ1) is 10.9. The highest BCUT2D eigenvalue weighted by atomic mass is 14.5. The van der Waals surface area contributed by atoms with Crippen molar-refractivity contribution in [1.29, 1.82) is 0 Å². The lowest BCUT2D eigenvalue weighted by atomic mass is 9.60. The Morgan fingerprint density at radius 1 is 0.913 bits per heavy atom. The quantitative estimate of drug-likeness (QED) is 0.512. The molecule has 1 atom stereocenters. The third-order valence-corrected chi connectivity index (χ3v) is 5.75. The largest absolute Gasteiger partial charge is 0.0694 e. The molecule has 0 heterocycles. The number of allylic oxidation sites excluding steroid dienone is 4. The van der Waals surface area contributed by atoms with Crippen LogP contribution in [0.1, 0.15) is 44.4 Å². The Morgan fingerprint density at radius 3 is 2.35 bits per heavy atom. The molecule has 116 valence electrons. The van der Waals surface area contributed by atoms with E-state index in [2.05, 4.69) is 88.4 Å².